The van der Waals surface area contributed by atoms with Gasteiger partial charge in [-0.25, -0.2) is 0 Å². The second-order valence-corrected chi connectivity index (χ2v) is 7.80. The van der Waals surface area contributed by atoms with Crippen molar-refractivity contribution in [3.05, 3.63) is 40.2 Å². The van der Waals surface area contributed by atoms with E-state index in [1.165, 1.54) is 22.7 Å². The molecule has 0 aliphatic carbocycles. The molecule has 2 aromatic rings. The second-order valence-electron chi connectivity index (χ2n) is 2.71. The van der Waals surface area contributed by atoms with Crippen molar-refractivity contribution in [3.8, 4) is 0 Å². The first kappa shape index (κ1) is 11.9. The molecule has 0 N–H and O–H groups in total. The molecule has 0 amide bonds. The number of halogens is 3. The van der Waals surface area contributed by atoms with Crippen LogP contribution in [0.2, 0.25) is 8.67 Å². The van der Waals surface area contributed by atoms with Crippen molar-refractivity contribution in [3.63, 3.8) is 0 Å². The minimum absolute atomic E-state index is 0.0673. The van der Waals surface area contributed by atoms with Gasteiger partial charge in [0.15, 0.2) is 5.78 Å². The van der Waals surface area contributed by atoms with Crippen LogP contribution < -0.4 is 0 Å². The number of hydrogen-bond donors (Lipinski definition) is 0. The van der Waals surface area contributed by atoms with E-state index < -0.39 is 0 Å². The first-order valence-electron chi connectivity index (χ1n) is 3.81. The van der Waals surface area contributed by atoms with Gasteiger partial charge in [-0.15, -0.1) is 22.7 Å². The first-order valence-corrected chi connectivity index (χ1v) is 7.34. The summed E-state index contributed by atoms with van der Waals surface area (Å²) in [7, 11) is 0. The summed E-state index contributed by atoms with van der Waals surface area (Å²) in [6.07, 6.45) is 0. The minimum Gasteiger partial charge on any atom is -0.288 e. The van der Waals surface area contributed by atoms with Gasteiger partial charge < -0.3 is 0 Å². The van der Waals surface area contributed by atoms with Crippen LogP contribution in [0.4, 0.5) is 0 Å². The lowest BCUT2D eigenvalue weighted by Gasteiger charge is -1.93. The van der Waals surface area contributed by atoms with Gasteiger partial charge >= 0.3 is 0 Å². The summed E-state index contributed by atoms with van der Waals surface area (Å²) in [5.41, 5.74) is 1.15. The highest BCUT2D eigenvalue weighted by atomic mass is 127. The van der Waals surface area contributed by atoms with Crippen molar-refractivity contribution in [2.45, 2.75) is 0 Å². The minimum atomic E-state index is -0.0673. The molecule has 0 fully saturated rings. The normalized spacial score (nSPS) is 10.6. The molecule has 2 aromatic heterocycles. The quantitative estimate of drug-likeness (QED) is 0.525. The molecule has 2 rings (SSSR count). The lowest BCUT2D eigenvalue weighted by Crippen LogP contribution is -1.97. The molecule has 0 bridgehead atoms. The number of carbonyl (C=O) groups is 1. The van der Waals surface area contributed by atoms with E-state index in [1.807, 2.05) is 11.4 Å². The highest BCUT2D eigenvalue weighted by Gasteiger charge is 2.16. The summed E-state index contributed by atoms with van der Waals surface area (Å²) in [4.78, 5) is 12.0. The van der Waals surface area contributed by atoms with E-state index in [0.29, 0.717) is 19.8 Å². The topological polar surface area (TPSA) is 17.1 Å². The third-order valence-corrected chi connectivity index (χ3v) is 5.01. The highest BCUT2D eigenvalue weighted by Crippen LogP contribution is 2.33. The van der Waals surface area contributed by atoms with Crippen molar-refractivity contribution >= 4 is 74.2 Å². The zero-order chi connectivity index (χ0) is 11.0. The van der Waals surface area contributed by atoms with Crippen LogP contribution in [0.3, 0.4) is 0 Å². The molecule has 0 saturated carbocycles. The SMILES string of the molecule is O=C(c1csc(I)c1)c1cc(Cl)sc1Cl. The fourth-order valence-corrected chi connectivity index (χ4v) is 3.86. The van der Waals surface area contributed by atoms with E-state index in [1.54, 1.807) is 6.07 Å². The summed E-state index contributed by atoms with van der Waals surface area (Å²) >= 11 is 16.6. The van der Waals surface area contributed by atoms with Gasteiger partial charge in [0.1, 0.15) is 4.34 Å². The van der Waals surface area contributed by atoms with Crippen LogP contribution in [0.5, 0.6) is 0 Å². The van der Waals surface area contributed by atoms with Crippen LogP contribution in [0.1, 0.15) is 15.9 Å². The molecule has 6 heteroatoms. The third-order valence-electron chi connectivity index (χ3n) is 1.73. The summed E-state index contributed by atoms with van der Waals surface area (Å²) in [5.74, 6) is -0.0673. The third kappa shape index (κ3) is 2.55. The Bertz CT molecular complexity index is 518. The Morgan fingerprint density at radius 1 is 1.33 bits per heavy atom. The van der Waals surface area contributed by atoms with Crippen molar-refractivity contribution in [2.24, 2.45) is 0 Å². The Morgan fingerprint density at radius 2 is 2.07 bits per heavy atom. The van der Waals surface area contributed by atoms with E-state index in [-0.39, 0.29) is 5.78 Å². The van der Waals surface area contributed by atoms with Gasteiger partial charge in [0, 0.05) is 10.9 Å². The lowest BCUT2D eigenvalue weighted by atomic mass is 10.1. The summed E-state index contributed by atoms with van der Waals surface area (Å²) in [5, 5.41) is 1.83. The Morgan fingerprint density at radius 3 is 2.53 bits per heavy atom. The summed E-state index contributed by atoms with van der Waals surface area (Å²) < 4.78 is 2.06. The molecule has 0 spiro atoms. The molecule has 0 aliphatic rings. The van der Waals surface area contributed by atoms with Crippen LogP contribution in [-0.4, -0.2) is 5.78 Å². The Hall–Kier alpha value is 0.380. The fraction of sp³-hybridized carbons (Fsp3) is 0. The van der Waals surface area contributed by atoms with Gasteiger partial charge in [-0.1, -0.05) is 23.2 Å². The Kier molecular flexibility index (Phi) is 3.72. The molecule has 0 aliphatic heterocycles. The molecular formula is C9H3Cl2IOS2. The summed E-state index contributed by atoms with van der Waals surface area (Å²) in [6, 6.07) is 3.46. The average molecular weight is 389 g/mol. The highest BCUT2D eigenvalue weighted by molar-refractivity contribution is 14.1. The number of hydrogen-bond acceptors (Lipinski definition) is 3. The zero-order valence-corrected chi connectivity index (χ0v) is 12.4. The second kappa shape index (κ2) is 4.71. The van der Waals surface area contributed by atoms with Gasteiger partial charge in [-0.05, 0) is 34.7 Å². The van der Waals surface area contributed by atoms with Crippen molar-refractivity contribution in [1.29, 1.82) is 0 Å². The molecule has 0 atom stereocenters. The summed E-state index contributed by atoms with van der Waals surface area (Å²) in [6.45, 7) is 0. The standard InChI is InChI=1S/C9H3Cl2IOS2/c10-6-2-5(9(11)15-6)8(13)4-1-7(12)14-3-4/h1-3H. The molecule has 0 aromatic carbocycles. The van der Waals surface area contributed by atoms with Crippen molar-refractivity contribution < 1.29 is 4.79 Å². The van der Waals surface area contributed by atoms with Gasteiger partial charge in [-0.2, -0.15) is 0 Å². The van der Waals surface area contributed by atoms with E-state index in [4.69, 9.17) is 23.2 Å². The molecule has 1 nitrogen and oxygen atoms in total. The number of thiophene rings is 2. The van der Waals surface area contributed by atoms with Crippen LogP contribution in [0, 0.1) is 2.88 Å². The number of rotatable bonds is 2. The van der Waals surface area contributed by atoms with Gasteiger partial charge in [-0.3, -0.25) is 4.79 Å². The monoisotopic (exact) mass is 388 g/mol. The Labute approximate surface area is 118 Å². The van der Waals surface area contributed by atoms with Crippen LogP contribution >= 0.6 is 68.5 Å². The smallest absolute Gasteiger partial charge is 0.196 e. The predicted octanol–water partition coefficient (Wildman–Crippen LogP) is 4.95. The van der Waals surface area contributed by atoms with Crippen LogP contribution in [0.25, 0.3) is 0 Å². The van der Waals surface area contributed by atoms with Gasteiger partial charge in [0.05, 0.1) is 12.8 Å². The van der Waals surface area contributed by atoms with Gasteiger partial charge in [0.2, 0.25) is 0 Å². The molecule has 2 heterocycles. The molecular weight excluding hydrogens is 386 g/mol. The van der Waals surface area contributed by atoms with E-state index in [2.05, 4.69) is 22.6 Å². The first-order chi connectivity index (χ1) is 7.08. The van der Waals surface area contributed by atoms with E-state index in [0.717, 1.165) is 2.88 Å². The zero-order valence-electron chi connectivity index (χ0n) is 7.09. The fourth-order valence-electron chi connectivity index (χ4n) is 1.08. The lowest BCUT2D eigenvalue weighted by molar-refractivity contribution is 0.103. The maximum atomic E-state index is 12.0. The molecule has 0 radical (unpaired) electrons. The van der Waals surface area contributed by atoms with E-state index in [9.17, 15) is 4.79 Å². The van der Waals surface area contributed by atoms with Crippen molar-refractivity contribution in [1.82, 2.24) is 0 Å². The molecule has 0 saturated heterocycles. The average Bonchev–Trinajstić information content (AvgIpc) is 2.71. The van der Waals surface area contributed by atoms with Crippen LogP contribution in [-0.2, 0) is 0 Å². The molecule has 78 valence electrons. The van der Waals surface area contributed by atoms with Gasteiger partial charge in [0.25, 0.3) is 0 Å². The number of ketones is 1. The maximum Gasteiger partial charge on any atom is 0.196 e. The van der Waals surface area contributed by atoms with Crippen molar-refractivity contribution in [2.75, 3.05) is 0 Å². The van der Waals surface area contributed by atoms with E-state index >= 15 is 0 Å². The number of carbonyl (C=O) groups excluding carboxylic acids is 1. The largest absolute Gasteiger partial charge is 0.288 e. The van der Waals surface area contributed by atoms with Crippen LogP contribution in [0.15, 0.2) is 17.5 Å². The predicted molar refractivity (Wildman–Crippen MR) is 74.8 cm³/mol. The Balaban J connectivity index is 2.40. The molecule has 15 heavy (non-hydrogen) atoms. The molecule has 0 unspecified atom stereocenters. The maximum absolute atomic E-state index is 12.0.